The SMILES string of the molecule is COCCn1c(SC(C(=O)N(C)C)c2ccccc2)nnc1-c1ccccc1. The number of hydrogen-bond acceptors (Lipinski definition) is 5. The highest BCUT2D eigenvalue weighted by Crippen LogP contribution is 2.36. The molecule has 7 heteroatoms. The molecule has 28 heavy (non-hydrogen) atoms. The quantitative estimate of drug-likeness (QED) is 0.545. The average molecular weight is 397 g/mol. The van der Waals surface area contributed by atoms with E-state index in [0.717, 1.165) is 17.0 Å². The lowest BCUT2D eigenvalue weighted by Crippen LogP contribution is -2.27. The van der Waals surface area contributed by atoms with E-state index in [1.807, 2.05) is 65.2 Å². The fourth-order valence-corrected chi connectivity index (χ4v) is 4.00. The number of thioether (sulfide) groups is 1. The molecule has 0 aliphatic heterocycles. The first-order chi connectivity index (χ1) is 13.6. The number of ether oxygens (including phenoxy) is 1. The highest BCUT2D eigenvalue weighted by Gasteiger charge is 2.27. The average Bonchev–Trinajstić information content (AvgIpc) is 3.13. The van der Waals surface area contributed by atoms with Gasteiger partial charge in [0.25, 0.3) is 0 Å². The van der Waals surface area contributed by atoms with Crippen LogP contribution in [0.4, 0.5) is 0 Å². The van der Waals surface area contributed by atoms with E-state index in [1.54, 1.807) is 26.1 Å². The van der Waals surface area contributed by atoms with Crippen molar-refractivity contribution in [2.75, 3.05) is 27.8 Å². The van der Waals surface area contributed by atoms with E-state index in [1.165, 1.54) is 11.8 Å². The van der Waals surface area contributed by atoms with Gasteiger partial charge in [-0.15, -0.1) is 10.2 Å². The zero-order valence-electron chi connectivity index (χ0n) is 16.3. The Morgan fingerprint density at radius 1 is 1.07 bits per heavy atom. The minimum atomic E-state index is -0.398. The second-order valence-corrected chi connectivity index (χ2v) is 7.53. The van der Waals surface area contributed by atoms with Crippen LogP contribution in [0.3, 0.4) is 0 Å². The van der Waals surface area contributed by atoms with Gasteiger partial charge >= 0.3 is 0 Å². The maximum Gasteiger partial charge on any atom is 0.240 e. The summed E-state index contributed by atoms with van der Waals surface area (Å²) < 4.78 is 7.29. The number of carbonyl (C=O) groups is 1. The summed E-state index contributed by atoms with van der Waals surface area (Å²) in [6, 6.07) is 19.7. The molecule has 2 aromatic carbocycles. The van der Waals surface area contributed by atoms with E-state index in [4.69, 9.17) is 4.74 Å². The Labute approximate surface area is 169 Å². The summed E-state index contributed by atoms with van der Waals surface area (Å²) in [5.74, 6) is 0.781. The van der Waals surface area contributed by atoms with Gasteiger partial charge in [0.1, 0.15) is 5.25 Å². The molecule has 146 valence electrons. The Bertz CT molecular complexity index is 897. The molecule has 0 aliphatic carbocycles. The van der Waals surface area contributed by atoms with E-state index >= 15 is 0 Å². The Morgan fingerprint density at radius 3 is 2.32 bits per heavy atom. The summed E-state index contributed by atoms with van der Waals surface area (Å²) >= 11 is 1.41. The predicted octanol–water partition coefficient (Wildman–Crippen LogP) is 3.51. The van der Waals surface area contributed by atoms with Crippen LogP contribution in [0.15, 0.2) is 65.8 Å². The Kier molecular flexibility index (Phi) is 6.84. The number of methoxy groups -OCH3 is 1. The topological polar surface area (TPSA) is 60.2 Å². The van der Waals surface area contributed by atoms with Crippen molar-refractivity contribution in [1.29, 1.82) is 0 Å². The van der Waals surface area contributed by atoms with E-state index in [2.05, 4.69) is 10.2 Å². The molecule has 3 aromatic rings. The Morgan fingerprint density at radius 2 is 1.71 bits per heavy atom. The molecule has 0 saturated carbocycles. The number of nitrogens with zero attached hydrogens (tertiary/aromatic N) is 4. The Balaban J connectivity index is 1.99. The molecule has 1 unspecified atom stereocenters. The third-order valence-corrected chi connectivity index (χ3v) is 5.48. The van der Waals surface area contributed by atoms with Crippen molar-refractivity contribution in [2.24, 2.45) is 0 Å². The highest BCUT2D eigenvalue weighted by molar-refractivity contribution is 8.00. The fraction of sp³-hybridized carbons (Fsp3) is 0.286. The van der Waals surface area contributed by atoms with Crippen molar-refractivity contribution in [1.82, 2.24) is 19.7 Å². The first-order valence-electron chi connectivity index (χ1n) is 9.02. The summed E-state index contributed by atoms with van der Waals surface area (Å²) in [6.45, 7) is 1.14. The summed E-state index contributed by atoms with van der Waals surface area (Å²) in [5, 5.41) is 9.10. The maximum absolute atomic E-state index is 12.9. The fourth-order valence-electron chi connectivity index (χ4n) is 2.79. The number of carbonyl (C=O) groups excluding carboxylic acids is 1. The maximum atomic E-state index is 12.9. The molecule has 6 nitrogen and oxygen atoms in total. The van der Waals surface area contributed by atoms with Gasteiger partial charge in [0.05, 0.1) is 13.2 Å². The third kappa shape index (κ3) is 4.61. The van der Waals surface area contributed by atoms with E-state index < -0.39 is 5.25 Å². The standard InChI is InChI=1S/C21H24N4O2S/c1-24(2)20(26)18(16-10-6-4-7-11-16)28-21-23-22-19(25(21)14-15-27-3)17-12-8-5-9-13-17/h4-13,18H,14-15H2,1-3H3. The van der Waals surface area contributed by atoms with Crippen molar-refractivity contribution in [3.8, 4) is 11.4 Å². The van der Waals surface area contributed by atoms with Gasteiger partial charge in [-0.2, -0.15) is 0 Å². The molecule has 0 N–H and O–H groups in total. The molecule has 0 fully saturated rings. The minimum Gasteiger partial charge on any atom is -0.383 e. The predicted molar refractivity (Wildman–Crippen MR) is 111 cm³/mol. The van der Waals surface area contributed by atoms with Gasteiger partial charge in [0.2, 0.25) is 5.91 Å². The first-order valence-corrected chi connectivity index (χ1v) is 9.90. The van der Waals surface area contributed by atoms with Crippen molar-refractivity contribution < 1.29 is 9.53 Å². The zero-order valence-corrected chi connectivity index (χ0v) is 17.1. The zero-order chi connectivity index (χ0) is 19.9. The van der Waals surface area contributed by atoms with Crippen LogP contribution in [-0.2, 0) is 16.1 Å². The molecule has 0 radical (unpaired) electrons. The van der Waals surface area contributed by atoms with Gasteiger partial charge in [-0.1, -0.05) is 72.4 Å². The summed E-state index contributed by atoms with van der Waals surface area (Å²) in [7, 11) is 5.20. The molecule has 3 rings (SSSR count). The number of hydrogen-bond donors (Lipinski definition) is 0. The lowest BCUT2D eigenvalue weighted by atomic mass is 10.1. The molecule has 0 saturated heterocycles. The second-order valence-electron chi connectivity index (χ2n) is 6.46. The van der Waals surface area contributed by atoms with Gasteiger partial charge < -0.3 is 9.64 Å². The van der Waals surface area contributed by atoms with E-state index in [0.29, 0.717) is 18.3 Å². The summed E-state index contributed by atoms with van der Waals surface area (Å²) in [4.78, 5) is 14.5. The number of aromatic nitrogens is 3. The monoisotopic (exact) mass is 396 g/mol. The van der Waals surface area contributed by atoms with Crippen LogP contribution < -0.4 is 0 Å². The van der Waals surface area contributed by atoms with Crippen molar-refractivity contribution in [3.63, 3.8) is 0 Å². The van der Waals surface area contributed by atoms with Crippen LogP contribution in [0, 0.1) is 0 Å². The van der Waals surface area contributed by atoms with Gasteiger partial charge in [-0.3, -0.25) is 9.36 Å². The molecule has 0 spiro atoms. The largest absolute Gasteiger partial charge is 0.383 e. The van der Waals surface area contributed by atoms with Crippen LogP contribution in [0.25, 0.3) is 11.4 Å². The van der Waals surface area contributed by atoms with Crippen molar-refractivity contribution in [2.45, 2.75) is 17.0 Å². The number of benzene rings is 2. The van der Waals surface area contributed by atoms with Crippen molar-refractivity contribution >= 4 is 17.7 Å². The minimum absolute atomic E-state index is 0.0127. The summed E-state index contributed by atoms with van der Waals surface area (Å²) in [6.07, 6.45) is 0. The third-order valence-electron chi connectivity index (χ3n) is 4.26. The highest BCUT2D eigenvalue weighted by atomic mass is 32.2. The van der Waals surface area contributed by atoms with Crippen LogP contribution >= 0.6 is 11.8 Å². The van der Waals surface area contributed by atoms with E-state index in [9.17, 15) is 4.79 Å². The second kappa shape index (κ2) is 9.52. The van der Waals surface area contributed by atoms with Crippen LogP contribution in [0.2, 0.25) is 0 Å². The normalized spacial score (nSPS) is 12.0. The number of rotatable bonds is 8. The summed E-state index contributed by atoms with van der Waals surface area (Å²) in [5.41, 5.74) is 1.92. The van der Waals surface area contributed by atoms with Crippen molar-refractivity contribution in [3.05, 3.63) is 66.2 Å². The molecule has 1 atom stereocenters. The van der Waals surface area contributed by atoms with Gasteiger partial charge in [0.15, 0.2) is 11.0 Å². The van der Waals surface area contributed by atoms with Crippen LogP contribution in [0.1, 0.15) is 10.8 Å². The van der Waals surface area contributed by atoms with E-state index in [-0.39, 0.29) is 5.91 Å². The van der Waals surface area contributed by atoms with Gasteiger partial charge in [0, 0.05) is 26.8 Å². The van der Waals surface area contributed by atoms with Gasteiger partial charge in [-0.25, -0.2) is 0 Å². The molecule has 1 aromatic heterocycles. The smallest absolute Gasteiger partial charge is 0.240 e. The number of likely N-dealkylation sites (N-methyl/N-ethyl adjacent to an activating group) is 1. The molecule has 0 aliphatic rings. The molecular weight excluding hydrogens is 372 g/mol. The first kappa shape index (κ1) is 20.1. The lowest BCUT2D eigenvalue weighted by molar-refractivity contribution is -0.128. The van der Waals surface area contributed by atoms with Gasteiger partial charge in [-0.05, 0) is 5.56 Å². The number of amides is 1. The van der Waals surface area contributed by atoms with Crippen LogP contribution in [-0.4, -0.2) is 53.4 Å². The Hall–Kier alpha value is -2.64. The molecule has 1 heterocycles. The lowest BCUT2D eigenvalue weighted by Gasteiger charge is -2.20. The van der Waals surface area contributed by atoms with Crippen LogP contribution in [0.5, 0.6) is 0 Å². The molecule has 1 amide bonds. The molecular formula is C21H24N4O2S. The molecule has 0 bridgehead atoms.